The van der Waals surface area contributed by atoms with Crippen LogP contribution < -0.4 is 9.88 Å². The van der Waals surface area contributed by atoms with Crippen molar-refractivity contribution in [3.05, 3.63) is 67.3 Å². The average Bonchev–Trinajstić information content (AvgIpc) is 3.08. The molecule has 2 aromatic carbocycles. The molecule has 0 aliphatic heterocycles. The molecule has 0 saturated carbocycles. The molecule has 0 amide bonds. The lowest BCUT2D eigenvalue weighted by molar-refractivity contribution is 0.343. The maximum Gasteiger partial charge on any atom is 0.238 e. The third-order valence-corrected chi connectivity index (χ3v) is 5.66. The summed E-state index contributed by atoms with van der Waals surface area (Å²) in [5.74, 6) is 2.02. The number of ether oxygens (including phenoxy) is 1. The number of nitrogens with two attached hydrogens (primary N) is 1. The summed E-state index contributed by atoms with van der Waals surface area (Å²) >= 11 is 1.53. The number of benzene rings is 2. The second-order valence-electron chi connectivity index (χ2n) is 5.78. The van der Waals surface area contributed by atoms with Crippen molar-refractivity contribution >= 4 is 21.8 Å². The molecule has 0 atom stereocenters. The molecule has 0 saturated heterocycles. The molecule has 28 heavy (non-hydrogen) atoms. The van der Waals surface area contributed by atoms with Crippen LogP contribution in [0.3, 0.4) is 0 Å². The summed E-state index contributed by atoms with van der Waals surface area (Å²) in [6, 6.07) is 15.9. The smallest absolute Gasteiger partial charge is 0.238 e. The first-order chi connectivity index (χ1) is 13.5. The summed E-state index contributed by atoms with van der Waals surface area (Å²) in [7, 11) is -3.70. The Morgan fingerprint density at radius 2 is 1.82 bits per heavy atom. The zero-order valence-electron chi connectivity index (χ0n) is 15.1. The Morgan fingerprint density at radius 3 is 2.46 bits per heavy atom. The highest BCUT2D eigenvalue weighted by molar-refractivity contribution is 7.99. The van der Waals surface area contributed by atoms with Crippen molar-refractivity contribution in [3.8, 4) is 17.1 Å². The van der Waals surface area contributed by atoms with E-state index in [0.717, 1.165) is 16.5 Å². The van der Waals surface area contributed by atoms with Gasteiger partial charge in [-0.2, -0.15) is 0 Å². The number of thioether (sulfide) groups is 1. The summed E-state index contributed by atoms with van der Waals surface area (Å²) < 4.78 is 30.2. The number of aromatic nitrogens is 3. The maximum absolute atomic E-state index is 11.3. The van der Waals surface area contributed by atoms with Crippen LogP contribution in [0.15, 0.2) is 77.3 Å². The van der Waals surface area contributed by atoms with Gasteiger partial charge in [0, 0.05) is 17.9 Å². The molecule has 7 nitrogen and oxygen atoms in total. The molecule has 1 aromatic heterocycles. The highest BCUT2D eigenvalue weighted by atomic mass is 32.2. The van der Waals surface area contributed by atoms with Crippen molar-refractivity contribution in [1.82, 2.24) is 14.8 Å². The first-order valence-electron chi connectivity index (χ1n) is 8.47. The normalized spacial score (nSPS) is 11.3. The Morgan fingerprint density at radius 1 is 1.11 bits per heavy atom. The van der Waals surface area contributed by atoms with Gasteiger partial charge in [-0.25, -0.2) is 13.6 Å². The molecule has 146 valence electrons. The van der Waals surface area contributed by atoms with Crippen molar-refractivity contribution in [2.45, 2.75) is 16.6 Å². The minimum Gasteiger partial charge on any atom is -0.493 e. The molecule has 3 aromatic rings. The lowest BCUT2D eigenvalue weighted by Crippen LogP contribution is -2.11. The van der Waals surface area contributed by atoms with Gasteiger partial charge in [0.2, 0.25) is 10.0 Å². The fourth-order valence-electron chi connectivity index (χ4n) is 2.51. The highest BCUT2D eigenvalue weighted by Gasteiger charge is 2.13. The predicted molar refractivity (Wildman–Crippen MR) is 110 cm³/mol. The van der Waals surface area contributed by atoms with Crippen LogP contribution in [-0.2, 0) is 16.6 Å². The molecular weight excluding hydrogens is 396 g/mol. The van der Waals surface area contributed by atoms with Gasteiger partial charge in [-0.3, -0.25) is 4.57 Å². The largest absolute Gasteiger partial charge is 0.493 e. The van der Waals surface area contributed by atoms with Crippen LogP contribution in [0.2, 0.25) is 0 Å². The number of hydrogen-bond donors (Lipinski definition) is 1. The summed E-state index contributed by atoms with van der Waals surface area (Å²) in [6.45, 7) is 4.85. The molecule has 0 unspecified atom stereocenters. The molecule has 2 N–H and O–H groups in total. The van der Waals surface area contributed by atoms with E-state index in [4.69, 9.17) is 9.88 Å². The molecule has 1 heterocycles. The molecule has 0 aliphatic rings. The minimum absolute atomic E-state index is 0.0557. The number of sulfonamides is 1. The van der Waals surface area contributed by atoms with Crippen LogP contribution in [0.25, 0.3) is 11.4 Å². The SMILES string of the molecule is C=CCn1c(SCCOc2ccc(S(N)(=O)=O)cc2)nnc1-c1ccccc1. The lowest BCUT2D eigenvalue weighted by Gasteiger charge is -2.09. The lowest BCUT2D eigenvalue weighted by atomic mass is 10.2. The molecular formula is C19H20N4O3S2. The van der Waals surface area contributed by atoms with Crippen LogP contribution in [0.4, 0.5) is 0 Å². The van der Waals surface area contributed by atoms with Gasteiger partial charge in [0.25, 0.3) is 0 Å². The Kier molecular flexibility index (Phi) is 6.50. The molecule has 9 heteroatoms. The zero-order chi connectivity index (χ0) is 20.0. The van der Waals surface area contributed by atoms with Gasteiger partial charge < -0.3 is 4.74 Å². The number of primary sulfonamides is 1. The zero-order valence-corrected chi connectivity index (χ0v) is 16.7. The van der Waals surface area contributed by atoms with Gasteiger partial charge in [0.05, 0.1) is 11.5 Å². The van der Waals surface area contributed by atoms with Crippen molar-refractivity contribution in [2.24, 2.45) is 5.14 Å². The van der Waals surface area contributed by atoms with Crippen molar-refractivity contribution in [2.75, 3.05) is 12.4 Å². The number of allylic oxidation sites excluding steroid dienone is 1. The fraction of sp³-hybridized carbons (Fsp3) is 0.158. The van der Waals surface area contributed by atoms with Gasteiger partial charge in [-0.1, -0.05) is 48.2 Å². The van der Waals surface area contributed by atoms with Crippen LogP contribution in [0.5, 0.6) is 5.75 Å². The summed E-state index contributed by atoms with van der Waals surface area (Å²) in [5.41, 5.74) is 0.995. The van der Waals surface area contributed by atoms with E-state index in [9.17, 15) is 8.42 Å². The fourth-order valence-corrected chi connectivity index (χ4v) is 3.79. The molecule has 3 rings (SSSR count). The Balaban J connectivity index is 1.60. The quantitative estimate of drug-likeness (QED) is 0.327. The van der Waals surface area contributed by atoms with E-state index in [0.29, 0.717) is 24.7 Å². The van der Waals surface area contributed by atoms with Crippen LogP contribution >= 0.6 is 11.8 Å². The van der Waals surface area contributed by atoms with Crippen LogP contribution in [-0.4, -0.2) is 35.5 Å². The van der Waals surface area contributed by atoms with Gasteiger partial charge in [-0.15, -0.1) is 16.8 Å². The van der Waals surface area contributed by atoms with Crippen LogP contribution in [0, 0.1) is 0 Å². The maximum atomic E-state index is 11.3. The monoisotopic (exact) mass is 416 g/mol. The average molecular weight is 417 g/mol. The third-order valence-electron chi connectivity index (χ3n) is 3.80. The predicted octanol–water partition coefficient (Wildman–Crippen LogP) is 2.95. The van der Waals surface area contributed by atoms with E-state index >= 15 is 0 Å². The third kappa shape index (κ3) is 5.00. The van der Waals surface area contributed by atoms with E-state index < -0.39 is 10.0 Å². The van der Waals surface area contributed by atoms with Gasteiger partial charge in [-0.05, 0) is 24.3 Å². The Bertz CT molecular complexity index is 1030. The second-order valence-corrected chi connectivity index (χ2v) is 8.41. The summed E-state index contributed by atoms with van der Waals surface area (Å²) in [6.07, 6.45) is 1.81. The Hall–Kier alpha value is -2.62. The number of rotatable bonds is 9. The molecule has 0 aliphatic carbocycles. The second kappa shape index (κ2) is 9.05. The topological polar surface area (TPSA) is 100 Å². The van der Waals surface area contributed by atoms with Gasteiger partial charge >= 0.3 is 0 Å². The standard InChI is InChI=1S/C19H20N4O3S2/c1-2-12-23-18(15-6-4-3-5-7-15)21-22-19(23)27-14-13-26-16-8-10-17(11-9-16)28(20,24)25/h2-11H,1,12-14H2,(H2,20,24,25). The number of nitrogens with zero attached hydrogens (tertiary/aromatic N) is 3. The van der Waals surface area contributed by atoms with E-state index in [1.807, 2.05) is 41.0 Å². The highest BCUT2D eigenvalue weighted by Crippen LogP contribution is 2.24. The van der Waals surface area contributed by atoms with E-state index in [1.54, 1.807) is 12.1 Å². The minimum atomic E-state index is -3.70. The first kappa shape index (κ1) is 20.1. The van der Waals surface area contributed by atoms with Crippen LogP contribution in [0.1, 0.15) is 0 Å². The molecule has 0 radical (unpaired) electrons. The number of hydrogen-bond acceptors (Lipinski definition) is 6. The van der Waals surface area contributed by atoms with E-state index in [-0.39, 0.29) is 4.90 Å². The van der Waals surface area contributed by atoms with Gasteiger partial charge in [0.15, 0.2) is 11.0 Å². The molecule has 0 spiro atoms. The molecule has 0 fully saturated rings. The Labute approximate surface area is 168 Å². The summed E-state index contributed by atoms with van der Waals surface area (Å²) in [5, 5.41) is 14.5. The van der Waals surface area contributed by atoms with Crippen molar-refractivity contribution in [3.63, 3.8) is 0 Å². The van der Waals surface area contributed by atoms with Gasteiger partial charge in [0.1, 0.15) is 5.75 Å². The van der Waals surface area contributed by atoms with E-state index in [1.165, 1.54) is 23.9 Å². The van der Waals surface area contributed by atoms with Crippen molar-refractivity contribution < 1.29 is 13.2 Å². The molecule has 0 bridgehead atoms. The first-order valence-corrected chi connectivity index (χ1v) is 11.0. The van der Waals surface area contributed by atoms with Crippen molar-refractivity contribution in [1.29, 1.82) is 0 Å². The van der Waals surface area contributed by atoms with E-state index in [2.05, 4.69) is 16.8 Å². The summed E-state index contributed by atoms with van der Waals surface area (Å²) in [4.78, 5) is 0.0557.